The summed E-state index contributed by atoms with van der Waals surface area (Å²) in [5, 5.41) is 14.6. The van der Waals surface area contributed by atoms with Crippen LogP contribution in [-0.2, 0) is 11.3 Å². The Morgan fingerprint density at radius 1 is 1.07 bits per heavy atom. The van der Waals surface area contributed by atoms with Gasteiger partial charge in [0, 0.05) is 66.8 Å². The number of β-amino-alcohol motifs (C(OH)–C–C–N with tert-alkyl or cyclic N) is 1. The molecule has 2 N–H and O–H groups in total. The lowest BCUT2D eigenvalue weighted by molar-refractivity contribution is -0.121. The number of hydrogen-bond donors (Lipinski definition) is 2. The number of aliphatic hydroxyl groups excluding tert-OH is 1. The van der Waals surface area contributed by atoms with Crippen LogP contribution < -0.4 is 5.32 Å². The Morgan fingerprint density at radius 3 is 2.52 bits per heavy atom. The fraction of sp³-hybridized carbons (Fsp3) is 0.435. The third-order valence-electron chi connectivity index (χ3n) is 6.11. The molecule has 154 valence electrons. The van der Waals surface area contributed by atoms with E-state index >= 15 is 0 Å². The molecule has 1 amide bonds. The number of amides is 1. The smallest absolute Gasteiger partial charge is 0.241 e. The third-order valence-corrected chi connectivity index (χ3v) is 6.11. The lowest BCUT2D eigenvalue weighted by Crippen LogP contribution is -2.53. The number of nitrogens with one attached hydrogen (secondary N) is 1. The summed E-state index contributed by atoms with van der Waals surface area (Å²) < 4.78 is 2.31. The van der Waals surface area contributed by atoms with Gasteiger partial charge in [0.15, 0.2) is 0 Å². The number of benzene rings is 2. The number of piperazine rings is 1. The molecular weight excluding hydrogens is 364 g/mol. The van der Waals surface area contributed by atoms with E-state index in [4.69, 9.17) is 5.11 Å². The summed E-state index contributed by atoms with van der Waals surface area (Å²) in [5.41, 5.74) is 3.26. The van der Waals surface area contributed by atoms with Gasteiger partial charge in [-0.3, -0.25) is 14.6 Å². The van der Waals surface area contributed by atoms with Gasteiger partial charge < -0.3 is 15.0 Å². The van der Waals surface area contributed by atoms with Crippen LogP contribution in [0.3, 0.4) is 0 Å². The van der Waals surface area contributed by atoms with Gasteiger partial charge in [-0.1, -0.05) is 18.2 Å². The van der Waals surface area contributed by atoms with Crippen LogP contribution in [0.1, 0.15) is 13.8 Å². The van der Waals surface area contributed by atoms with E-state index in [1.54, 1.807) is 0 Å². The Balaban J connectivity index is 1.50. The number of aryl methyl sites for hydroxylation is 1. The van der Waals surface area contributed by atoms with Crippen molar-refractivity contribution in [1.29, 1.82) is 0 Å². The van der Waals surface area contributed by atoms with Crippen molar-refractivity contribution in [3.8, 4) is 0 Å². The highest BCUT2D eigenvalue weighted by Crippen LogP contribution is 2.31. The maximum Gasteiger partial charge on any atom is 0.241 e. The Bertz CT molecular complexity index is 1000. The highest BCUT2D eigenvalue weighted by molar-refractivity contribution is 6.10. The summed E-state index contributed by atoms with van der Waals surface area (Å²) in [6.07, 6.45) is 0. The van der Waals surface area contributed by atoms with E-state index < -0.39 is 0 Å². The molecule has 0 radical (unpaired) electrons. The van der Waals surface area contributed by atoms with E-state index in [-0.39, 0.29) is 18.6 Å². The molecule has 1 aromatic heterocycles. The van der Waals surface area contributed by atoms with Crippen molar-refractivity contribution in [3.05, 3.63) is 42.5 Å². The van der Waals surface area contributed by atoms with Crippen LogP contribution in [0.5, 0.6) is 0 Å². The summed E-state index contributed by atoms with van der Waals surface area (Å²) in [7, 11) is 0. The second kappa shape index (κ2) is 8.53. The van der Waals surface area contributed by atoms with Crippen LogP contribution in [-0.4, -0.2) is 70.8 Å². The van der Waals surface area contributed by atoms with Gasteiger partial charge in [0.25, 0.3) is 0 Å². The molecule has 2 aromatic carbocycles. The van der Waals surface area contributed by atoms with Crippen LogP contribution in [0.2, 0.25) is 0 Å². The van der Waals surface area contributed by atoms with Gasteiger partial charge in [0.2, 0.25) is 5.91 Å². The van der Waals surface area contributed by atoms with Gasteiger partial charge in [-0.25, -0.2) is 0 Å². The standard InChI is InChI=1S/C23H30N4O2/c1-3-27-21-7-5-4-6-19(21)20-16-18(8-9-22(20)27)24-23(29)17(2)26-12-10-25(11-13-26)14-15-28/h4-9,16-17,28H,3,10-15H2,1-2H3,(H,24,29). The number of nitrogens with zero attached hydrogens (tertiary/aromatic N) is 3. The van der Waals surface area contributed by atoms with E-state index in [0.29, 0.717) is 6.54 Å². The largest absolute Gasteiger partial charge is 0.395 e. The molecular formula is C23H30N4O2. The van der Waals surface area contributed by atoms with Gasteiger partial charge in [-0.15, -0.1) is 0 Å². The summed E-state index contributed by atoms with van der Waals surface area (Å²) in [6.45, 7) is 9.40. The predicted octanol–water partition coefficient (Wildman–Crippen LogP) is 2.75. The fourth-order valence-corrected chi connectivity index (χ4v) is 4.40. The minimum absolute atomic E-state index is 0.0270. The molecule has 2 heterocycles. The van der Waals surface area contributed by atoms with Gasteiger partial charge in [-0.2, -0.15) is 0 Å². The summed E-state index contributed by atoms with van der Waals surface area (Å²) in [5.74, 6) is 0.0270. The first-order valence-corrected chi connectivity index (χ1v) is 10.5. The highest BCUT2D eigenvalue weighted by Gasteiger charge is 2.25. The SMILES string of the molecule is CCn1c2ccccc2c2cc(NC(=O)C(C)N3CCN(CCO)CC3)ccc21. The second-order valence-corrected chi connectivity index (χ2v) is 7.76. The monoisotopic (exact) mass is 394 g/mol. The number of para-hydroxylation sites is 1. The van der Waals surface area contributed by atoms with Gasteiger partial charge in [0.05, 0.1) is 12.6 Å². The van der Waals surface area contributed by atoms with Crippen molar-refractivity contribution in [3.63, 3.8) is 0 Å². The Labute approximate surface area is 171 Å². The summed E-state index contributed by atoms with van der Waals surface area (Å²) in [4.78, 5) is 17.3. The van der Waals surface area contributed by atoms with Crippen molar-refractivity contribution in [1.82, 2.24) is 14.4 Å². The first-order valence-electron chi connectivity index (χ1n) is 10.5. The van der Waals surface area contributed by atoms with Crippen LogP contribution in [0.4, 0.5) is 5.69 Å². The lowest BCUT2D eigenvalue weighted by Gasteiger charge is -2.37. The summed E-state index contributed by atoms with van der Waals surface area (Å²) in [6, 6.07) is 14.4. The zero-order valence-corrected chi connectivity index (χ0v) is 17.3. The van der Waals surface area contributed by atoms with Gasteiger partial charge in [0.1, 0.15) is 0 Å². The number of aromatic nitrogens is 1. The molecule has 4 rings (SSSR count). The molecule has 1 fully saturated rings. The van der Waals surface area contributed by atoms with E-state index in [9.17, 15) is 4.79 Å². The van der Waals surface area contributed by atoms with Crippen LogP contribution in [0, 0.1) is 0 Å². The number of carbonyl (C=O) groups is 1. The first-order chi connectivity index (χ1) is 14.1. The number of fused-ring (bicyclic) bond motifs is 3. The van der Waals surface area contributed by atoms with E-state index in [0.717, 1.165) is 38.4 Å². The molecule has 0 saturated carbocycles. The molecule has 6 heteroatoms. The molecule has 1 unspecified atom stereocenters. The first kappa shape index (κ1) is 19.9. The van der Waals surface area contributed by atoms with Gasteiger partial charge >= 0.3 is 0 Å². The average molecular weight is 395 g/mol. The fourth-order valence-electron chi connectivity index (χ4n) is 4.40. The topological polar surface area (TPSA) is 60.7 Å². The molecule has 6 nitrogen and oxygen atoms in total. The van der Waals surface area contributed by atoms with Crippen molar-refractivity contribution in [2.24, 2.45) is 0 Å². The Kier molecular flexibility index (Phi) is 5.85. The molecule has 1 atom stereocenters. The maximum atomic E-state index is 12.9. The second-order valence-electron chi connectivity index (χ2n) is 7.76. The average Bonchev–Trinajstić information content (AvgIpc) is 3.07. The molecule has 1 aliphatic rings. The maximum absolute atomic E-state index is 12.9. The molecule has 3 aromatic rings. The van der Waals surface area contributed by atoms with E-state index in [1.165, 1.54) is 21.8 Å². The Morgan fingerprint density at radius 2 is 1.79 bits per heavy atom. The van der Waals surface area contributed by atoms with E-state index in [2.05, 4.69) is 63.0 Å². The highest BCUT2D eigenvalue weighted by atomic mass is 16.3. The molecule has 0 spiro atoms. The van der Waals surface area contributed by atoms with Crippen molar-refractivity contribution >= 4 is 33.4 Å². The molecule has 1 aliphatic heterocycles. The number of rotatable bonds is 6. The third kappa shape index (κ3) is 3.88. The number of anilines is 1. The Hall–Kier alpha value is -2.41. The van der Waals surface area contributed by atoms with Crippen LogP contribution in [0.15, 0.2) is 42.5 Å². The van der Waals surface area contributed by atoms with Crippen molar-refractivity contribution in [2.75, 3.05) is 44.6 Å². The number of carbonyl (C=O) groups excluding carboxylic acids is 1. The van der Waals surface area contributed by atoms with Crippen molar-refractivity contribution in [2.45, 2.75) is 26.4 Å². The minimum atomic E-state index is -0.182. The molecule has 0 bridgehead atoms. The zero-order valence-electron chi connectivity index (χ0n) is 17.3. The lowest BCUT2D eigenvalue weighted by atomic mass is 10.1. The molecule has 1 saturated heterocycles. The number of hydrogen-bond acceptors (Lipinski definition) is 4. The number of aliphatic hydroxyl groups is 1. The predicted molar refractivity (Wildman–Crippen MR) is 118 cm³/mol. The van der Waals surface area contributed by atoms with Gasteiger partial charge in [-0.05, 0) is 38.1 Å². The normalized spacial score (nSPS) is 17.1. The quantitative estimate of drug-likeness (QED) is 0.675. The van der Waals surface area contributed by atoms with E-state index in [1.807, 2.05) is 13.0 Å². The summed E-state index contributed by atoms with van der Waals surface area (Å²) >= 11 is 0. The van der Waals surface area contributed by atoms with Crippen LogP contribution >= 0.6 is 0 Å². The molecule has 29 heavy (non-hydrogen) atoms. The van der Waals surface area contributed by atoms with Crippen molar-refractivity contribution < 1.29 is 9.90 Å². The van der Waals surface area contributed by atoms with Crippen LogP contribution in [0.25, 0.3) is 21.8 Å². The zero-order chi connectivity index (χ0) is 20.4. The molecule has 0 aliphatic carbocycles. The minimum Gasteiger partial charge on any atom is -0.395 e.